The number of hydrogen-bond donors (Lipinski definition) is 0. The first-order valence-electron chi connectivity index (χ1n) is 9.24. The van der Waals surface area contributed by atoms with Crippen LogP contribution in [0.5, 0.6) is 0 Å². The van der Waals surface area contributed by atoms with Crippen molar-refractivity contribution in [1.29, 1.82) is 0 Å². The highest BCUT2D eigenvalue weighted by Crippen LogP contribution is 2.28. The second kappa shape index (κ2) is 7.97. The SMILES string of the molecule is Cc1ccc(C)c(C(=O)COC(=O)c2cc(-c3cccs3)nc3ccccc23)c1. The van der Waals surface area contributed by atoms with Gasteiger partial charge in [0.15, 0.2) is 6.61 Å². The molecular formula is C24H19NO3S. The zero-order valence-corrected chi connectivity index (χ0v) is 17.0. The van der Waals surface area contributed by atoms with E-state index in [4.69, 9.17) is 4.74 Å². The van der Waals surface area contributed by atoms with Gasteiger partial charge in [-0.05, 0) is 49.1 Å². The number of aryl methyl sites for hydroxylation is 2. The molecule has 0 saturated heterocycles. The fraction of sp³-hybridized carbons (Fsp3) is 0.125. The molecule has 0 N–H and O–H groups in total. The van der Waals surface area contributed by atoms with E-state index in [9.17, 15) is 9.59 Å². The summed E-state index contributed by atoms with van der Waals surface area (Å²) in [6.07, 6.45) is 0. The third-order valence-corrected chi connectivity index (χ3v) is 5.63. The van der Waals surface area contributed by atoms with Crippen LogP contribution in [0.15, 0.2) is 66.0 Å². The second-order valence-corrected chi connectivity index (χ2v) is 7.81. The molecule has 0 radical (unpaired) electrons. The van der Waals surface area contributed by atoms with Crippen LogP contribution >= 0.6 is 11.3 Å². The molecule has 4 rings (SSSR count). The lowest BCUT2D eigenvalue weighted by atomic mass is 10.0. The normalized spacial score (nSPS) is 10.8. The Morgan fingerprint density at radius 2 is 1.79 bits per heavy atom. The molecule has 0 atom stereocenters. The first-order chi connectivity index (χ1) is 14.0. The minimum atomic E-state index is -0.528. The number of Topliss-reactive ketones (excluding diaryl/α,β-unsaturated/α-hetero) is 1. The topological polar surface area (TPSA) is 56.3 Å². The van der Waals surface area contributed by atoms with Crippen LogP contribution in [0.2, 0.25) is 0 Å². The third kappa shape index (κ3) is 3.96. The summed E-state index contributed by atoms with van der Waals surface area (Å²) >= 11 is 1.55. The number of pyridine rings is 1. The predicted octanol–water partition coefficient (Wildman–Crippen LogP) is 5.62. The molecule has 0 saturated carbocycles. The highest BCUT2D eigenvalue weighted by molar-refractivity contribution is 7.13. The number of aromatic nitrogens is 1. The number of hydrogen-bond acceptors (Lipinski definition) is 5. The van der Waals surface area contributed by atoms with Crippen molar-refractivity contribution in [3.05, 3.63) is 88.3 Å². The summed E-state index contributed by atoms with van der Waals surface area (Å²) in [5, 5.41) is 2.67. The van der Waals surface area contributed by atoms with Gasteiger partial charge in [0, 0.05) is 10.9 Å². The molecule has 0 bridgehead atoms. The number of carbonyl (C=O) groups is 2. The fourth-order valence-corrected chi connectivity index (χ4v) is 3.90. The van der Waals surface area contributed by atoms with Crippen LogP contribution in [-0.4, -0.2) is 23.3 Å². The van der Waals surface area contributed by atoms with Crippen LogP contribution in [0.25, 0.3) is 21.5 Å². The number of para-hydroxylation sites is 1. The standard InChI is InChI=1S/C24H19NO3S/c1-15-9-10-16(2)18(12-15)22(26)14-28-24(27)19-13-21(23-8-5-11-29-23)25-20-7-4-3-6-17(19)20/h3-13H,14H2,1-2H3. The molecule has 2 aromatic heterocycles. The molecule has 144 valence electrons. The van der Waals surface area contributed by atoms with Gasteiger partial charge < -0.3 is 4.74 Å². The van der Waals surface area contributed by atoms with E-state index in [1.807, 2.05) is 73.8 Å². The number of thiophene rings is 1. The molecule has 4 aromatic rings. The van der Waals surface area contributed by atoms with Crippen molar-refractivity contribution < 1.29 is 14.3 Å². The van der Waals surface area contributed by atoms with Gasteiger partial charge in [-0.25, -0.2) is 9.78 Å². The van der Waals surface area contributed by atoms with Crippen LogP contribution in [0.4, 0.5) is 0 Å². The van der Waals surface area contributed by atoms with Gasteiger partial charge in [0.05, 0.1) is 21.7 Å². The summed E-state index contributed by atoms with van der Waals surface area (Å²) in [5.41, 5.74) is 4.28. The van der Waals surface area contributed by atoms with Gasteiger partial charge in [-0.2, -0.15) is 0 Å². The van der Waals surface area contributed by atoms with Crippen molar-refractivity contribution >= 4 is 34.0 Å². The largest absolute Gasteiger partial charge is 0.454 e. The molecule has 2 heterocycles. The molecule has 0 aliphatic heterocycles. The number of fused-ring (bicyclic) bond motifs is 1. The molecule has 0 aliphatic rings. The number of carbonyl (C=O) groups excluding carboxylic acids is 2. The Bertz CT molecular complexity index is 1210. The van der Waals surface area contributed by atoms with Gasteiger partial charge >= 0.3 is 5.97 Å². The highest BCUT2D eigenvalue weighted by atomic mass is 32.1. The van der Waals surface area contributed by atoms with E-state index in [-0.39, 0.29) is 12.4 Å². The van der Waals surface area contributed by atoms with E-state index >= 15 is 0 Å². The van der Waals surface area contributed by atoms with Crippen LogP contribution in [0, 0.1) is 13.8 Å². The van der Waals surface area contributed by atoms with E-state index in [1.165, 1.54) is 0 Å². The Morgan fingerprint density at radius 3 is 2.59 bits per heavy atom. The van der Waals surface area contributed by atoms with Crippen LogP contribution in [0.1, 0.15) is 31.8 Å². The summed E-state index contributed by atoms with van der Waals surface area (Å²) in [6, 6.07) is 18.7. The first kappa shape index (κ1) is 19.0. The fourth-order valence-electron chi connectivity index (χ4n) is 3.22. The lowest BCUT2D eigenvalue weighted by Crippen LogP contribution is -2.16. The third-order valence-electron chi connectivity index (χ3n) is 4.74. The average Bonchev–Trinajstić information content (AvgIpc) is 3.27. The van der Waals surface area contributed by atoms with Gasteiger partial charge in [-0.1, -0.05) is 42.0 Å². The van der Waals surface area contributed by atoms with Gasteiger partial charge in [0.1, 0.15) is 0 Å². The molecule has 0 fully saturated rings. The Kier molecular flexibility index (Phi) is 5.23. The van der Waals surface area contributed by atoms with Crippen molar-refractivity contribution in [3.63, 3.8) is 0 Å². The smallest absolute Gasteiger partial charge is 0.339 e. The monoisotopic (exact) mass is 401 g/mol. The van der Waals surface area contributed by atoms with Crippen LogP contribution < -0.4 is 0 Å². The maximum Gasteiger partial charge on any atom is 0.339 e. The number of nitrogens with zero attached hydrogens (tertiary/aromatic N) is 1. The number of ether oxygens (including phenoxy) is 1. The zero-order valence-electron chi connectivity index (χ0n) is 16.1. The van der Waals surface area contributed by atoms with Gasteiger partial charge in [-0.15, -0.1) is 11.3 Å². The number of esters is 1. The predicted molar refractivity (Wildman–Crippen MR) is 116 cm³/mol. The Balaban J connectivity index is 1.63. The van der Waals surface area contributed by atoms with Crippen molar-refractivity contribution in [3.8, 4) is 10.6 Å². The number of benzene rings is 2. The average molecular weight is 401 g/mol. The second-order valence-electron chi connectivity index (χ2n) is 6.87. The van der Waals surface area contributed by atoms with Crippen LogP contribution in [-0.2, 0) is 4.74 Å². The Hall–Kier alpha value is -3.31. The van der Waals surface area contributed by atoms with Gasteiger partial charge in [0.25, 0.3) is 0 Å². The van der Waals surface area contributed by atoms with Crippen molar-refractivity contribution in [2.45, 2.75) is 13.8 Å². The van der Waals surface area contributed by atoms with E-state index in [0.717, 1.165) is 16.0 Å². The number of ketones is 1. The molecular weight excluding hydrogens is 382 g/mol. The summed E-state index contributed by atoms with van der Waals surface area (Å²) in [6.45, 7) is 3.50. The van der Waals surface area contributed by atoms with Crippen molar-refractivity contribution in [1.82, 2.24) is 4.98 Å². The molecule has 0 amide bonds. The minimum Gasteiger partial charge on any atom is -0.454 e. The van der Waals surface area contributed by atoms with Crippen LogP contribution in [0.3, 0.4) is 0 Å². The molecule has 29 heavy (non-hydrogen) atoms. The highest BCUT2D eigenvalue weighted by Gasteiger charge is 2.18. The summed E-state index contributed by atoms with van der Waals surface area (Å²) in [4.78, 5) is 31.1. The van der Waals surface area contributed by atoms with E-state index in [0.29, 0.717) is 27.7 Å². The molecule has 5 heteroatoms. The Labute approximate surface area is 172 Å². The summed E-state index contributed by atoms with van der Waals surface area (Å²) in [5.74, 6) is -0.739. The van der Waals surface area contributed by atoms with E-state index in [1.54, 1.807) is 17.4 Å². The quantitative estimate of drug-likeness (QED) is 0.322. The molecule has 2 aromatic carbocycles. The molecule has 0 aliphatic carbocycles. The molecule has 0 spiro atoms. The Morgan fingerprint density at radius 1 is 0.966 bits per heavy atom. The molecule has 0 unspecified atom stereocenters. The van der Waals surface area contributed by atoms with Gasteiger partial charge in [0.2, 0.25) is 5.78 Å². The van der Waals surface area contributed by atoms with Crippen molar-refractivity contribution in [2.24, 2.45) is 0 Å². The lowest BCUT2D eigenvalue weighted by Gasteiger charge is -2.10. The maximum absolute atomic E-state index is 12.9. The van der Waals surface area contributed by atoms with Crippen molar-refractivity contribution in [2.75, 3.05) is 6.61 Å². The van der Waals surface area contributed by atoms with E-state index < -0.39 is 5.97 Å². The summed E-state index contributed by atoms with van der Waals surface area (Å²) < 4.78 is 5.41. The maximum atomic E-state index is 12.9. The number of rotatable bonds is 5. The van der Waals surface area contributed by atoms with E-state index in [2.05, 4.69) is 4.98 Å². The lowest BCUT2D eigenvalue weighted by molar-refractivity contribution is 0.0476. The molecule has 4 nitrogen and oxygen atoms in total. The first-order valence-corrected chi connectivity index (χ1v) is 10.1. The van der Waals surface area contributed by atoms with Gasteiger partial charge in [-0.3, -0.25) is 4.79 Å². The minimum absolute atomic E-state index is 0.212. The zero-order chi connectivity index (χ0) is 20.4. The summed E-state index contributed by atoms with van der Waals surface area (Å²) in [7, 11) is 0.